The first-order valence-electron chi connectivity index (χ1n) is 14.3. The molecule has 1 heteroatoms. The van der Waals surface area contributed by atoms with Crippen molar-refractivity contribution in [1.29, 1.82) is 0 Å². The predicted molar refractivity (Wildman–Crippen MR) is 175 cm³/mol. The largest absolute Gasteiger partial charge is 0.309 e. The molecular formula is C40H23N. The molecule has 0 bridgehead atoms. The van der Waals surface area contributed by atoms with E-state index in [1.165, 1.54) is 92.8 Å². The van der Waals surface area contributed by atoms with Gasteiger partial charge < -0.3 is 4.57 Å². The number of hydrogen-bond acceptors (Lipinski definition) is 0. The molecule has 0 radical (unpaired) electrons. The molecule has 0 spiro atoms. The Kier molecular flexibility index (Phi) is 3.98. The lowest BCUT2D eigenvalue weighted by molar-refractivity contribution is 1.19. The maximum atomic E-state index is 2.49. The number of hydrogen-bond donors (Lipinski definition) is 0. The molecule has 0 fully saturated rings. The summed E-state index contributed by atoms with van der Waals surface area (Å²) in [5.74, 6) is 0. The fraction of sp³-hybridized carbons (Fsp3) is 0. The molecule has 0 N–H and O–H groups in total. The molecule has 0 saturated carbocycles. The third-order valence-electron chi connectivity index (χ3n) is 9.25. The van der Waals surface area contributed by atoms with Gasteiger partial charge in [-0.25, -0.2) is 0 Å². The summed E-state index contributed by atoms with van der Waals surface area (Å²) in [6.07, 6.45) is 0. The summed E-state index contributed by atoms with van der Waals surface area (Å²) in [4.78, 5) is 0. The van der Waals surface area contributed by atoms with E-state index >= 15 is 0 Å². The standard InChI is InChI=1S/C40H23N/c1-2-10-25(11-3-1)35-32-16-8-13-26-18-21-33-39(36(26)32)40-34(41(33)28-19-17-24-9-4-5-12-27(24)23-28)22-20-31-29-14-6-7-15-30(29)37(35)38(31)40/h1-23H. The van der Waals surface area contributed by atoms with Gasteiger partial charge in [0.15, 0.2) is 0 Å². The van der Waals surface area contributed by atoms with Crippen molar-refractivity contribution in [1.82, 2.24) is 4.57 Å². The average Bonchev–Trinajstić information content (AvgIpc) is 3.50. The van der Waals surface area contributed by atoms with E-state index in [0.29, 0.717) is 0 Å². The second kappa shape index (κ2) is 7.62. The van der Waals surface area contributed by atoms with E-state index in [9.17, 15) is 0 Å². The van der Waals surface area contributed by atoms with Gasteiger partial charge in [0.25, 0.3) is 0 Å². The average molecular weight is 518 g/mol. The Morgan fingerprint density at radius 1 is 0.341 bits per heavy atom. The molecule has 0 saturated heterocycles. The molecule has 0 atom stereocenters. The van der Waals surface area contributed by atoms with Gasteiger partial charge in [0.05, 0.1) is 11.0 Å². The number of rotatable bonds is 2. The fourth-order valence-electron chi connectivity index (χ4n) is 7.62. The zero-order chi connectivity index (χ0) is 26.7. The van der Waals surface area contributed by atoms with Crippen LogP contribution in [0.25, 0.3) is 92.8 Å². The fourth-order valence-corrected chi connectivity index (χ4v) is 7.62. The molecule has 8 aromatic rings. The highest BCUT2D eigenvalue weighted by molar-refractivity contribution is 6.39. The van der Waals surface area contributed by atoms with Gasteiger partial charge in [-0.3, -0.25) is 0 Å². The number of benzene rings is 7. The maximum Gasteiger partial charge on any atom is 0.0548 e. The van der Waals surface area contributed by atoms with Crippen molar-refractivity contribution in [3.8, 4) is 27.9 Å². The van der Waals surface area contributed by atoms with Gasteiger partial charge in [-0.1, -0.05) is 115 Å². The van der Waals surface area contributed by atoms with Crippen LogP contribution in [0.15, 0.2) is 140 Å². The molecule has 188 valence electrons. The molecule has 1 nitrogen and oxygen atoms in total. The van der Waals surface area contributed by atoms with Gasteiger partial charge in [0.2, 0.25) is 0 Å². The molecule has 2 aliphatic carbocycles. The van der Waals surface area contributed by atoms with E-state index in [2.05, 4.69) is 144 Å². The van der Waals surface area contributed by atoms with Crippen LogP contribution < -0.4 is 0 Å². The molecule has 10 rings (SSSR count). The lowest BCUT2D eigenvalue weighted by atomic mass is 9.92. The molecule has 2 aliphatic rings. The molecule has 41 heavy (non-hydrogen) atoms. The Hall–Kier alpha value is -5.40. The zero-order valence-corrected chi connectivity index (χ0v) is 22.2. The maximum absolute atomic E-state index is 2.49. The van der Waals surface area contributed by atoms with Crippen LogP contribution in [0, 0.1) is 0 Å². The predicted octanol–water partition coefficient (Wildman–Crippen LogP) is 11.0. The van der Waals surface area contributed by atoms with Crippen molar-refractivity contribution in [2.75, 3.05) is 0 Å². The summed E-state index contributed by atoms with van der Waals surface area (Å²) in [6.45, 7) is 0. The van der Waals surface area contributed by atoms with Gasteiger partial charge in [-0.05, 0) is 84.0 Å². The van der Waals surface area contributed by atoms with Crippen molar-refractivity contribution in [3.05, 3.63) is 140 Å². The first kappa shape index (κ1) is 21.4. The zero-order valence-electron chi connectivity index (χ0n) is 22.2. The Morgan fingerprint density at radius 3 is 1.90 bits per heavy atom. The Bertz CT molecular complexity index is 2570. The topological polar surface area (TPSA) is 4.93 Å². The summed E-state index contributed by atoms with van der Waals surface area (Å²) in [5.41, 5.74) is 9.04. The highest BCUT2D eigenvalue weighted by Crippen LogP contribution is 2.55. The second-order valence-corrected chi connectivity index (χ2v) is 11.3. The summed E-state index contributed by atoms with van der Waals surface area (Å²) in [7, 11) is 0. The van der Waals surface area contributed by atoms with Crippen LogP contribution in [0.4, 0.5) is 0 Å². The first-order chi connectivity index (χ1) is 20.4. The monoisotopic (exact) mass is 517 g/mol. The van der Waals surface area contributed by atoms with Crippen LogP contribution in [-0.4, -0.2) is 4.57 Å². The quantitative estimate of drug-likeness (QED) is 0.215. The molecule has 0 amide bonds. The van der Waals surface area contributed by atoms with Gasteiger partial charge in [-0.2, -0.15) is 0 Å². The van der Waals surface area contributed by atoms with Crippen molar-refractivity contribution >= 4 is 64.9 Å². The molecule has 0 aliphatic heterocycles. The smallest absolute Gasteiger partial charge is 0.0548 e. The molecular weight excluding hydrogens is 494 g/mol. The van der Waals surface area contributed by atoms with E-state index in [1.54, 1.807) is 0 Å². The van der Waals surface area contributed by atoms with E-state index in [0.717, 1.165) is 0 Å². The lowest BCUT2D eigenvalue weighted by Gasteiger charge is -2.13. The third kappa shape index (κ3) is 2.66. The highest BCUT2D eigenvalue weighted by Gasteiger charge is 2.28. The molecule has 7 aromatic carbocycles. The van der Waals surface area contributed by atoms with Crippen LogP contribution in [0.5, 0.6) is 0 Å². The van der Waals surface area contributed by atoms with Crippen LogP contribution in [0.1, 0.15) is 0 Å². The van der Waals surface area contributed by atoms with E-state index in [-0.39, 0.29) is 0 Å². The SMILES string of the molecule is c1ccc(-c2c3c4ccccc4c4ccc5c(c4-3)c3c4c(cccc24)ccc3n5-c2ccc3ccccc3c2)cc1. The van der Waals surface area contributed by atoms with Crippen molar-refractivity contribution in [2.45, 2.75) is 0 Å². The Morgan fingerprint density at radius 2 is 1.00 bits per heavy atom. The van der Waals surface area contributed by atoms with Crippen molar-refractivity contribution in [3.63, 3.8) is 0 Å². The normalized spacial score (nSPS) is 12.4. The number of fused-ring (bicyclic) bond motifs is 4. The summed E-state index contributed by atoms with van der Waals surface area (Å²) in [6, 6.07) is 51.6. The van der Waals surface area contributed by atoms with Crippen molar-refractivity contribution < 1.29 is 0 Å². The highest BCUT2D eigenvalue weighted by atomic mass is 15.0. The summed E-state index contributed by atoms with van der Waals surface area (Å²) in [5, 5.41) is 13.2. The minimum absolute atomic E-state index is 1.20. The van der Waals surface area contributed by atoms with Gasteiger partial charge >= 0.3 is 0 Å². The van der Waals surface area contributed by atoms with E-state index < -0.39 is 0 Å². The van der Waals surface area contributed by atoms with Crippen LogP contribution >= 0.6 is 0 Å². The minimum atomic E-state index is 1.20. The van der Waals surface area contributed by atoms with Gasteiger partial charge in [-0.15, -0.1) is 0 Å². The molecule has 1 heterocycles. The molecule has 0 unspecified atom stereocenters. The first-order valence-corrected chi connectivity index (χ1v) is 14.3. The summed E-state index contributed by atoms with van der Waals surface area (Å²) >= 11 is 0. The Labute approximate surface area is 236 Å². The van der Waals surface area contributed by atoms with E-state index in [1.807, 2.05) is 0 Å². The second-order valence-electron chi connectivity index (χ2n) is 11.3. The Balaban J connectivity index is 1.52. The summed E-state index contributed by atoms with van der Waals surface area (Å²) < 4.78 is 2.49. The minimum Gasteiger partial charge on any atom is -0.309 e. The third-order valence-corrected chi connectivity index (χ3v) is 9.25. The lowest BCUT2D eigenvalue weighted by Crippen LogP contribution is -1.94. The van der Waals surface area contributed by atoms with E-state index in [4.69, 9.17) is 0 Å². The molecule has 1 aromatic heterocycles. The van der Waals surface area contributed by atoms with Crippen LogP contribution in [-0.2, 0) is 0 Å². The van der Waals surface area contributed by atoms with Crippen LogP contribution in [0.3, 0.4) is 0 Å². The van der Waals surface area contributed by atoms with Gasteiger partial charge in [0.1, 0.15) is 0 Å². The van der Waals surface area contributed by atoms with Gasteiger partial charge in [0, 0.05) is 22.0 Å². The number of aromatic nitrogens is 1. The van der Waals surface area contributed by atoms with Crippen molar-refractivity contribution in [2.24, 2.45) is 0 Å². The number of nitrogens with zero attached hydrogens (tertiary/aromatic N) is 1. The van der Waals surface area contributed by atoms with Crippen LogP contribution in [0.2, 0.25) is 0 Å².